The zero-order chi connectivity index (χ0) is 18.5. The zero-order valence-corrected chi connectivity index (χ0v) is 14.4. The van der Waals surface area contributed by atoms with Gasteiger partial charge in [-0.1, -0.05) is 18.2 Å². The molecule has 6 heteroatoms. The molecule has 1 heterocycles. The van der Waals surface area contributed by atoms with E-state index in [1.807, 2.05) is 24.3 Å². The smallest absolute Gasteiger partial charge is 0.339 e. The predicted octanol–water partition coefficient (Wildman–Crippen LogP) is 3.17. The monoisotopic (exact) mass is 349 g/mol. The first-order valence-corrected chi connectivity index (χ1v) is 8.19. The number of nitrogen functional groups attached to an aromatic ring is 1. The van der Waals surface area contributed by atoms with Crippen molar-refractivity contribution in [1.82, 2.24) is 4.98 Å². The first-order valence-electron chi connectivity index (χ1n) is 8.19. The molecule has 1 aromatic heterocycles. The number of rotatable bonds is 5. The molecule has 3 aromatic rings. The van der Waals surface area contributed by atoms with Gasteiger partial charge in [0, 0.05) is 11.8 Å². The van der Waals surface area contributed by atoms with Gasteiger partial charge in [-0.05, 0) is 48.4 Å². The molecule has 3 N–H and O–H groups in total. The highest BCUT2D eigenvalue weighted by Crippen LogP contribution is 2.18. The predicted molar refractivity (Wildman–Crippen MR) is 101 cm³/mol. The van der Waals surface area contributed by atoms with E-state index in [1.54, 1.807) is 30.3 Å². The Hall–Kier alpha value is -3.41. The lowest BCUT2D eigenvalue weighted by molar-refractivity contribution is -0.116. The van der Waals surface area contributed by atoms with Crippen molar-refractivity contribution in [1.29, 1.82) is 0 Å². The van der Waals surface area contributed by atoms with Gasteiger partial charge in [-0.15, -0.1) is 0 Å². The Balaban J connectivity index is 1.66. The van der Waals surface area contributed by atoms with Crippen LogP contribution in [0.15, 0.2) is 54.6 Å². The number of ether oxygens (including phenoxy) is 1. The van der Waals surface area contributed by atoms with Crippen molar-refractivity contribution in [3.8, 4) is 0 Å². The average molecular weight is 349 g/mol. The fourth-order valence-electron chi connectivity index (χ4n) is 2.70. The second-order valence-corrected chi connectivity index (χ2v) is 5.85. The van der Waals surface area contributed by atoms with Crippen molar-refractivity contribution in [3.63, 3.8) is 0 Å². The van der Waals surface area contributed by atoms with Crippen molar-refractivity contribution >= 4 is 34.3 Å². The van der Waals surface area contributed by atoms with E-state index in [0.717, 1.165) is 16.5 Å². The molecule has 26 heavy (non-hydrogen) atoms. The molecule has 0 saturated carbocycles. The number of amides is 1. The van der Waals surface area contributed by atoms with Gasteiger partial charge in [0.1, 0.15) is 5.82 Å². The standard InChI is InChI=1S/C20H19N3O3/c1-26-20(25)15-4-2-3-5-17(15)23-19(24)11-7-13-6-9-16-14(12-13)8-10-18(21)22-16/h2-6,8-10,12H,7,11H2,1H3,(H2,21,22)(H,23,24). The fourth-order valence-corrected chi connectivity index (χ4v) is 2.70. The molecule has 0 radical (unpaired) electrons. The van der Waals surface area contributed by atoms with Gasteiger partial charge in [0.2, 0.25) is 5.91 Å². The molecule has 6 nitrogen and oxygen atoms in total. The van der Waals surface area contributed by atoms with Crippen LogP contribution < -0.4 is 11.1 Å². The molecule has 0 aliphatic carbocycles. The molecule has 0 aliphatic rings. The summed E-state index contributed by atoms with van der Waals surface area (Å²) in [5.74, 6) is -0.173. The highest BCUT2D eigenvalue weighted by molar-refractivity contribution is 6.01. The van der Waals surface area contributed by atoms with Crippen molar-refractivity contribution in [2.75, 3.05) is 18.2 Å². The van der Waals surface area contributed by atoms with Crippen LogP contribution in [0.5, 0.6) is 0 Å². The van der Waals surface area contributed by atoms with Gasteiger partial charge in [-0.25, -0.2) is 9.78 Å². The number of nitrogens with one attached hydrogen (secondary N) is 1. The van der Waals surface area contributed by atoms with Gasteiger partial charge in [-0.2, -0.15) is 0 Å². The van der Waals surface area contributed by atoms with Crippen LogP contribution in [0, 0.1) is 0 Å². The Labute approximate surface area is 151 Å². The van der Waals surface area contributed by atoms with E-state index in [9.17, 15) is 9.59 Å². The van der Waals surface area contributed by atoms with Crippen molar-refractivity contribution < 1.29 is 14.3 Å². The number of carbonyl (C=O) groups excluding carboxylic acids is 2. The van der Waals surface area contributed by atoms with Crippen LogP contribution in [0.4, 0.5) is 11.5 Å². The van der Waals surface area contributed by atoms with E-state index in [-0.39, 0.29) is 5.91 Å². The van der Waals surface area contributed by atoms with Crippen LogP contribution in [-0.2, 0) is 16.0 Å². The molecule has 132 valence electrons. The molecule has 0 atom stereocenters. The van der Waals surface area contributed by atoms with Gasteiger partial charge in [-0.3, -0.25) is 4.79 Å². The number of fused-ring (bicyclic) bond motifs is 1. The number of hydrogen-bond donors (Lipinski definition) is 2. The number of aryl methyl sites for hydroxylation is 1. The Bertz CT molecular complexity index is 969. The quantitative estimate of drug-likeness (QED) is 0.690. The molecular weight excluding hydrogens is 330 g/mol. The third kappa shape index (κ3) is 3.97. The summed E-state index contributed by atoms with van der Waals surface area (Å²) in [7, 11) is 1.31. The van der Waals surface area contributed by atoms with E-state index < -0.39 is 5.97 Å². The molecule has 0 spiro atoms. The molecule has 0 bridgehead atoms. The molecular formula is C20H19N3O3. The van der Waals surface area contributed by atoms with Gasteiger partial charge in [0.15, 0.2) is 0 Å². The second kappa shape index (κ2) is 7.65. The molecule has 0 fully saturated rings. The highest BCUT2D eigenvalue weighted by Gasteiger charge is 2.13. The number of aromatic nitrogens is 1. The van der Waals surface area contributed by atoms with E-state index >= 15 is 0 Å². The van der Waals surface area contributed by atoms with Gasteiger partial charge in [0.05, 0.1) is 23.9 Å². The summed E-state index contributed by atoms with van der Waals surface area (Å²) < 4.78 is 4.73. The Morgan fingerprint density at radius 2 is 1.92 bits per heavy atom. The number of nitrogens with two attached hydrogens (primary N) is 1. The lowest BCUT2D eigenvalue weighted by atomic mass is 10.1. The fraction of sp³-hybridized carbons (Fsp3) is 0.150. The lowest BCUT2D eigenvalue weighted by Gasteiger charge is -2.10. The normalized spacial score (nSPS) is 10.5. The minimum atomic E-state index is -0.484. The second-order valence-electron chi connectivity index (χ2n) is 5.85. The number of nitrogens with zero attached hydrogens (tertiary/aromatic N) is 1. The summed E-state index contributed by atoms with van der Waals surface area (Å²) in [6, 6.07) is 16.3. The number of benzene rings is 2. The maximum Gasteiger partial charge on any atom is 0.339 e. The van der Waals surface area contributed by atoms with Crippen LogP contribution in [0.3, 0.4) is 0 Å². The zero-order valence-electron chi connectivity index (χ0n) is 14.4. The maximum atomic E-state index is 12.3. The summed E-state index contributed by atoms with van der Waals surface area (Å²) in [6.45, 7) is 0. The first kappa shape index (κ1) is 17.4. The van der Waals surface area contributed by atoms with Crippen LogP contribution in [0.1, 0.15) is 22.3 Å². The number of esters is 1. The molecule has 0 aliphatic heterocycles. The highest BCUT2D eigenvalue weighted by atomic mass is 16.5. The van der Waals surface area contributed by atoms with Crippen molar-refractivity contribution in [2.45, 2.75) is 12.8 Å². The topological polar surface area (TPSA) is 94.3 Å². The summed E-state index contributed by atoms with van der Waals surface area (Å²) in [5, 5.41) is 3.75. The Morgan fingerprint density at radius 1 is 1.12 bits per heavy atom. The maximum absolute atomic E-state index is 12.3. The van der Waals surface area contributed by atoms with Crippen LogP contribution >= 0.6 is 0 Å². The molecule has 1 amide bonds. The number of para-hydroxylation sites is 1. The first-order chi connectivity index (χ1) is 12.6. The van der Waals surface area contributed by atoms with E-state index in [0.29, 0.717) is 29.9 Å². The third-order valence-electron chi connectivity index (χ3n) is 4.02. The number of hydrogen-bond acceptors (Lipinski definition) is 5. The minimum Gasteiger partial charge on any atom is -0.465 e. The largest absolute Gasteiger partial charge is 0.465 e. The van der Waals surface area contributed by atoms with Crippen LogP contribution in [0.25, 0.3) is 10.9 Å². The van der Waals surface area contributed by atoms with Gasteiger partial charge in [0.25, 0.3) is 0 Å². The molecule has 0 unspecified atom stereocenters. The van der Waals surface area contributed by atoms with Gasteiger partial charge < -0.3 is 15.8 Å². The average Bonchev–Trinajstić information content (AvgIpc) is 2.66. The number of pyridine rings is 1. The van der Waals surface area contributed by atoms with Crippen molar-refractivity contribution in [2.24, 2.45) is 0 Å². The summed E-state index contributed by atoms with van der Waals surface area (Å²) in [4.78, 5) is 28.3. The minimum absolute atomic E-state index is 0.170. The molecule has 3 rings (SSSR count). The summed E-state index contributed by atoms with van der Waals surface area (Å²) in [5.41, 5.74) is 8.31. The Morgan fingerprint density at radius 3 is 2.73 bits per heavy atom. The number of anilines is 2. The lowest BCUT2D eigenvalue weighted by Crippen LogP contribution is -2.15. The van der Waals surface area contributed by atoms with E-state index in [4.69, 9.17) is 10.5 Å². The van der Waals surface area contributed by atoms with E-state index in [2.05, 4.69) is 10.3 Å². The van der Waals surface area contributed by atoms with Crippen LogP contribution in [-0.4, -0.2) is 24.0 Å². The molecule has 2 aromatic carbocycles. The van der Waals surface area contributed by atoms with Crippen LogP contribution in [0.2, 0.25) is 0 Å². The van der Waals surface area contributed by atoms with E-state index in [1.165, 1.54) is 7.11 Å². The van der Waals surface area contributed by atoms with Crippen molar-refractivity contribution in [3.05, 3.63) is 65.7 Å². The molecule has 0 saturated heterocycles. The number of carbonyl (C=O) groups is 2. The SMILES string of the molecule is COC(=O)c1ccccc1NC(=O)CCc1ccc2nc(N)ccc2c1. The summed E-state index contributed by atoms with van der Waals surface area (Å²) >= 11 is 0. The number of methoxy groups -OCH3 is 1. The summed E-state index contributed by atoms with van der Waals surface area (Å²) in [6.07, 6.45) is 0.871. The third-order valence-corrected chi connectivity index (χ3v) is 4.02. The Kier molecular flexibility index (Phi) is 5.12. The van der Waals surface area contributed by atoms with Gasteiger partial charge >= 0.3 is 5.97 Å².